The third-order valence-corrected chi connectivity index (χ3v) is 3.07. The van der Waals surface area contributed by atoms with Gasteiger partial charge in [0.1, 0.15) is 0 Å². The highest BCUT2D eigenvalue weighted by Gasteiger charge is 2.02. The van der Waals surface area contributed by atoms with Crippen LogP contribution < -0.4 is 5.32 Å². The maximum atomic E-state index is 5.85. The van der Waals surface area contributed by atoms with Crippen LogP contribution in [0, 0.1) is 5.92 Å². The van der Waals surface area contributed by atoms with Crippen LogP contribution in [0.2, 0.25) is 5.02 Å². The molecule has 3 heteroatoms. The molecule has 0 spiro atoms. The predicted molar refractivity (Wildman–Crippen MR) is 73.7 cm³/mol. The van der Waals surface area contributed by atoms with Gasteiger partial charge in [0, 0.05) is 18.7 Å². The molecular weight excluding hydrogens is 234 g/mol. The van der Waals surface area contributed by atoms with Gasteiger partial charge in [0.15, 0.2) is 0 Å². The van der Waals surface area contributed by atoms with Gasteiger partial charge in [-0.3, -0.25) is 0 Å². The Morgan fingerprint density at radius 3 is 2.65 bits per heavy atom. The van der Waals surface area contributed by atoms with Crippen LogP contribution in [0.15, 0.2) is 24.3 Å². The van der Waals surface area contributed by atoms with Gasteiger partial charge in [-0.05, 0) is 43.0 Å². The molecule has 0 saturated heterocycles. The monoisotopic (exact) mass is 255 g/mol. The number of hydrogen-bond acceptors (Lipinski definition) is 2. The number of benzene rings is 1. The molecule has 1 atom stereocenters. The van der Waals surface area contributed by atoms with Crippen molar-refractivity contribution < 1.29 is 4.74 Å². The smallest absolute Gasteiger partial charge is 0.0587 e. The SMILES string of the molecule is COCCNCC(C)CCc1ccc(Cl)cc1. The minimum atomic E-state index is 0.683. The minimum Gasteiger partial charge on any atom is -0.383 e. The number of rotatable bonds is 8. The third kappa shape index (κ3) is 6.67. The van der Waals surface area contributed by atoms with E-state index in [1.54, 1.807) is 7.11 Å². The molecule has 0 fully saturated rings. The second-order valence-electron chi connectivity index (χ2n) is 4.47. The van der Waals surface area contributed by atoms with E-state index in [1.807, 2.05) is 12.1 Å². The van der Waals surface area contributed by atoms with E-state index in [9.17, 15) is 0 Å². The third-order valence-electron chi connectivity index (χ3n) is 2.81. The Balaban J connectivity index is 2.14. The van der Waals surface area contributed by atoms with Gasteiger partial charge in [-0.15, -0.1) is 0 Å². The Morgan fingerprint density at radius 2 is 2.00 bits per heavy atom. The summed E-state index contributed by atoms with van der Waals surface area (Å²) in [5, 5.41) is 4.19. The Morgan fingerprint density at radius 1 is 1.29 bits per heavy atom. The molecule has 96 valence electrons. The molecule has 1 rings (SSSR count). The van der Waals surface area contributed by atoms with Crippen LogP contribution in [-0.2, 0) is 11.2 Å². The lowest BCUT2D eigenvalue weighted by Gasteiger charge is -2.12. The molecule has 0 aliphatic heterocycles. The van der Waals surface area contributed by atoms with E-state index in [0.29, 0.717) is 5.92 Å². The van der Waals surface area contributed by atoms with E-state index in [1.165, 1.54) is 12.0 Å². The summed E-state index contributed by atoms with van der Waals surface area (Å²) < 4.78 is 4.99. The Labute approximate surface area is 109 Å². The topological polar surface area (TPSA) is 21.3 Å². The summed E-state index contributed by atoms with van der Waals surface area (Å²) in [6, 6.07) is 8.12. The maximum absolute atomic E-state index is 5.85. The molecule has 0 aliphatic carbocycles. The molecule has 2 nitrogen and oxygen atoms in total. The zero-order valence-corrected chi connectivity index (χ0v) is 11.5. The van der Waals surface area contributed by atoms with Crippen LogP contribution in [0.25, 0.3) is 0 Å². The zero-order chi connectivity index (χ0) is 12.5. The fourth-order valence-corrected chi connectivity index (χ4v) is 1.81. The van der Waals surface area contributed by atoms with Gasteiger partial charge in [-0.1, -0.05) is 30.7 Å². The lowest BCUT2D eigenvalue weighted by molar-refractivity contribution is 0.198. The lowest BCUT2D eigenvalue weighted by Crippen LogP contribution is -2.25. The molecule has 0 aromatic heterocycles. The van der Waals surface area contributed by atoms with Gasteiger partial charge in [0.2, 0.25) is 0 Å². The molecule has 0 bridgehead atoms. The second kappa shape index (κ2) is 8.51. The molecule has 1 N–H and O–H groups in total. The first kappa shape index (κ1) is 14.5. The van der Waals surface area contributed by atoms with Gasteiger partial charge in [0.25, 0.3) is 0 Å². The van der Waals surface area contributed by atoms with Crippen molar-refractivity contribution in [3.8, 4) is 0 Å². The molecule has 1 unspecified atom stereocenters. The van der Waals surface area contributed by atoms with Crippen molar-refractivity contribution in [2.45, 2.75) is 19.8 Å². The molecule has 0 saturated carbocycles. The largest absolute Gasteiger partial charge is 0.383 e. The highest BCUT2D eigenvalue weighted by atomic mass is 35.5. The average molecular weight is 256 g/mol. The van der Waals surface area contributed by atoms with Crippen molar-refractivity contribution in [3.05, 3.63) is 34.9 Å². The first-order valence-electron chi connectivity index (χ1n) is 6.16. The van der Waals surface area contributed by atoms with E-state index >= 15 is 0 Å². The number of hydrogen-bond donors (Lipinski definition) is 1. The van der Waals surface area contributed by atoms with Crippen molar-refractivity contribution in [1.82, 2.24) is 5.32 Å². The van der Waals surface area contributed by atoms with Gasteiger partial charge in [-0.25, -0.2) is 0 Å². The van der Waals surface area contributed by atoms with E-state index in [0.717, 1.165) is 31.1 Å². The number of halogens is 1. The summed E-state index contributed by atoms with van der Waals surface area (Å²) in [4.78, 5) is 0. The van der Waals surface area contributed by atoms with Crippen LogP contribution in [0.1, 0.15) is 18.9 Å². The molecule has 17 heavy (non-hydrogen) atoms. The number of methoxy groups -OCH3 is 1. The summed E-state index contributed by atoms with van der Waals surface area (Å²) >= 11 is 5.85. The van der Waals surface area contributed by atoms with Gasteiger partial charge in [-0.2, -0.15) is 0 Å². The molecule has 1 aromatic rings. The minimum absolute atomic E-state index is 0.683. The van der Waals surface area contributed by atoms with Crippen LogP contribution in [0.5, 0.6) is 0 Å². The molecule has 0 radical (unpaired) electrons. The van der Waals surface area contributed by atoms with Crippen LogP contribution in [0.3, 0.4) is 0 Å². The molecule has 1 aromatic carbocycles. The predicted octanol–water partition coefficient (Wildman–Crippen LogP) is 3.14. The average Bonchev–Trinajstić information content (AvgIpc) is 2.34. The summed E-state index contributed by atoms with van der Waals surface area (Å²) in [6.45, 7) is 5.04. The van der Waals surface area contributed by atoms with Crippen molar-refractivity contribution in [1.29, 1.82) is 0 Å². The van der Waals surface area contributed by atoms with Gasteiger partial charge < -0.3 is 10.1 Å². The summed E-state index contributed by atoms with van der Waals surface area (Å²) in [6.07, 6.45) is 2.31. The molecular formula is C14H22ClNO. The van der Waals surface area contributed by atoms with E-state index < -0.39 is 0 Å². The van der Waals surface area contributed by atoms with Crippen molar-refractivity contribution in [3.63, 3.8) is 0 Å². The van der Waals surface area contributed by atoms with E-state index in [2.05, 4.69) is 24.4 Å². The van der Waals surface area contributed by atoms with Crippen LogP contribution in [0.4, 0.5) is 0 Å². The molecule has 0 aliphatic rings. The fraction of sp³-hybridized carbons (Fsp3) is 0.571. The Bertz CT molecular complexity index is 300. The van der Waals surface area contributed by atoms with E-state index in [-0.39, 0.29) is 0 Å². The second-order valence-corrected chi connectivity index (χ2v) is 4.90. The number of aryl methyl sites for hydroxylation is 1. The van der Waals surface area contributed by atoms with Gasteiger partial charge >= 0.3 is 0 Å². The Hall–Kier alpha value is -0.570. The van der Waals surface area contributed by atoms with Gasteiger partial charge in [0.05, 0.1) is 6.61 Å². The summed E-state index contributed by atoms with van der Waals surface area (Å²) in [5.41, 5.74) is 1.36. The zero-order valence-electron chi connectivity index (χ0n) is 10.7. The quantitative estimate of drug-likeness (QED) is 0.721. The maximum Gasteiger partial charge on any atom is 0.0587 e. The first-order chi connectivity index (χ1) is 8.22. The van der Waals surface area contributed by atoms with Crippen LogP contribution >= 0.6 is 11.6 Å². The van der Waals surface area contributed by atoms with Crippen LogP contribution in [-0.4, -0.2) is 26.8 Å². The normalized spacial score (nSPS) is 12.6. The standard InChI is InChI=1S/C14H22ClNO/c1-12(11-16-9-10-17-2)3-4-13-5-7-14(15)8-6-13/h5-8,12,16H,3-4,9-11H2,1-2H3. The summed E-state index contributed by atoms with van der Waals surface area (Å²) in [5.74, 6) is 0.683. The highest BCUT2D eigenvalue weighted by molar-refractivity contribution is 6.30. The van der Waals surface area contributed by atoms with Crippen molar-refractivity contribution in [2.75, 3.05) is 26.8 Å². The van der Waals surface area contributed by atoms with Crippen molar-refractivity contribution >= 4 is 11.6 Å². The first-order valence-corrected chi connectivity index (χ1v) is 6.54. The fourth-order valence-electron chi connectivity index (χ4n) is 1.69. The molecule has 0 heterocycles. The lowest BCUT2D eigenvalue weighted by atomic mass is 10.0. The number of ether oxygens (including phenoxy) is 1. The number of nitrogens with one attached hydrogen (secondary N) is 1. The Kier molecular flexibility index (Phi) is 7.25. The van der Waals surface area contributed by atoms with Crippen molar-refractivity contribution in [2.24, 2.45) is 5.92 Å². The summed E-state index contributed by atoms with van der Waals surface area (Å²) in [7, 11) is 1.73. The molecule has 0 amide bonds. The van der Waals surface area contributed by atoms with E-state index in [4.69, 9.17) is 16.3 Å². The highest BCUT2D eigenvalue weighted by Crippen LogP contribution is 2.13.